The number of rotatable bonds is 4. The van der Waals surface area contributed by atoms with Crippen LogP contribution in [0.5, 0.6) is 0 Å². The van der Waals surface area contributed by atoms with Gasteiger partial charge in [0.25, 0.3) is 0 Å². The summed E-state index contributed by atoms with van der Waals surface area (Å²) < 4.78 is 13.0. The first kappa shape index (κ1) is 29.3. The van der Waals surface area contributed by atoms with E-state index in [0.717, 1.165) is 88.9 Å². The van der Waals surface area contributed by atoms with Gasteiger partial charge in [-0.1, -0.05) is 121 Å². The van der Waals surface area contributed by atoms with Gasteiger partial charge in [-0.2, -0.15) is 0 Å². The third-order valence-corrected chi connectivity index (χ3v) is 11.0. The highest BCUT2D eigenvalue weighted by atomic mass is 16.3. The van der Waals surface area contributed by atoms with Gasteiger partial charge in [0.2, 0.25) is 0 Å². The molecule has 0 spiro atoms. The molecule has 0 aliphatic carbocycles. The molecule has 0 aliphatic rings. The Kier molecular flexibility index (Phi) is 6.02. The van der Waals surface area contributed by atoms with E-state index in [0.29, 0.717) is 0 Å². The largest absolute Gasteiger partial charge is 0.456 e. The second-order valence-corrected chi connectivity index (χ2v) is 14.0. The fraction of sp³-hybridized carbons (Fsp3) is 0. The standard InChI is InChI=1S/C50H28N2O2/c1-2-11-29(12-3-1)30-13-6-14-32(27-30)49-50(52-40-21-5-4-20-39(40)51-49)38-19-10-22-41-46(38)36-26-25-31(28-44(36)54-41)33-15-7-16-34-35-17-8-23-42-47(35)48-37(45(33)34)18-9-24-43(48)53-42/h1-28H. The average molecular weight is 689 g/mol. The molecular weight excluding hydrogens is 661 g/mol. The highest BCUT2D eigenvalue weighted by Gasteiger charge is 2.22. The van der Waals surface area contributed by atoms with Crippen molar-refractivity contribution in [1.82, 2.24) is 9.97 Å². The number of hydrogen-bond acceptors (Lipinski definition) is 4. The minimum atomic E-state index is 0.813. The molecule has 0 saturated heterocycles. The molecule has 0 saturated carbocycles. The molecule has 250 valence electrons. The minimum Gasteiger partial charge on any atom is -0.456 e. The van der Waals surface area contributed by atoms with Gasteiger partial charge < -0.3 is 8.83 Å². The molecule has 0 fully saturated rings. The number of hydrogen-bond donors (Lipinski definition) is 0. The van der Waals surface area contributed by atoms with E-state index in [-0.39, 0.29) is 0 Å². The Balaban J connectivity index is 1.08. The molecule has 3 aromatic heterocycles. The van der Waals surface area contributed by atoms with Crippen molar-refractivity contribution in [1.29, 1.82) is 0 Å². The van der Waals surface area contributed by atoms with Gasteiger partial charge in [0.15, 0.2) is 0 Å². The minimum absolute atomic E-state index is 0.813. The Labute approximate surface area is 308 Å². The molecule has 0 unspecified atom stereocenters. The van der Waals surface area contributed by atoms with Crippen molar-refractivity contribution in [3.8, 4) is 44.8 Å². The molecule has 0 N–H and O–H groups in total. The van der Waals surface area contributed by atoms with Crippen LogP contribution in [0.4, 0.5) is 0 Å². The van der Waals surface area contributed by atoms with Crippen molar-refractivity contribution in [2.24, 2.45) is 0 Å². The summed E-state index contributed by atoms with van der Waals surface area (Å²) >= 11 is 0. The van der Waals surface area contributed by atoms with Gasteiger partial charge in [-0.3, -0.25) is 0 Å². The first-order chi connectivity index (χ1) is 26.8. The maximum atomic E-state index is 6.72. The smallest absolute Gasteiger partial charge is 0.136 e. The molecule has 0 radical (unpaired) electrons. The van der Waals surface area contributed by atoms with Gasteiger partial charge in [-0.25, -0.2) is 9.97 Å². The monoisotopic (exact) mass is 688 g/mol. The van der Waals surface area contributed by atoms with Crippen LogP contribution in [-0.2, 0) is 0 Å². The molecule has 3 heterocycles. The van der Waals surface area contributed by atoms with Crippen LogP contribution in [0, 0.1) is 0 Å². The lowest BCUT2D eigenvalue weighted by Gasteiger charge is -2.13. The van der Waals surface area contributed by atoms with E-state index in [2.05, 4.69) is 140 Å². The zero-order valence-electron chi connectivity index (χ0n) is 28.9. The van der Waals surface area contributed by atoms with Crippen LogP contribution >= 0.6 is 0 Å². The molecule has 54 heavy (non-hydrogen) atoms. The van der Waals surface area contributed by atoms with E-state index in [1.807, 2.05) is 30.3 Å². The first-order valence-corrected chi connectivity index (χ1v) is 18.2. The van der Waals surface area contributed by atoms with Crippen molar-refractivity contribution < 1.29 is 8.83 Å². The van der Waals surface area contributed by atoms with Crippen molar-refractivity contribution >= 4 is 76.5 Å². The van der Waals surface area contributed by atoms with Crippen LogP contribution < -0.4 is 0 Å². The lowest BCUT2D eigenvalue weighted by atomic mass is 9.89. The Bertz CT molecular complexity index is 3450. The zero-order chi connectivity index (χ0) is 35.3. The number of para-hydroxylation sites is 2. The van der Waals surface area contributed by atoms with Crippen LogP contribution in [0.25, 0.3) is 121 Å². The first-order valence-electron chi connectivity index (χ1n) is 18.2. The summed E-state index contributed by atoms with van der Waals surface area (Å²) in [4.78, 5) is 10.6. The van der Waals surface area contributed by atoms with Crippen molar-refractivity contribution in [2.75, 3.05) is 0 Å². The van der Waals surface area contributed by atoms with Gasteiger partial charge in [0.05, 0.1) is 22.4 Å². The summed E-state index contributed by atoms with van der Waals surface area (Å²) in [7, 11) is 0. The summed E-state index contributed by atoms with van der Waals surface area (Å²) in [6.07, 6.45) is 0. The number of aromatic nitrogens is 2. The third kappa shape index (κ3) is 4.19. The summed E-state index contributed by atoms with van der Waals surface area (Å²) in [5.41, 5.74) is 13.4. The molecule has 4 nitrogen and oxygen atoms in total. The van der Waals surface area contributed by atoms with Gasteiger partial charge in [0, 0.05) is 32.7 Å². The lowest BCUT2D eigenvalue weighted by Crippen LogP contribution is -1.96. The van der Waals surface area contributed by atoms with Crippen molar-refractivity contribution in [2.45, 2.75) is 0 Å². The van der Waals surface area contributed by atoms with Gasteiger partial charge in [0.1, 0.15) is 22.3 Å². The number of furan rings is 2. The van der Waals surface area contributed by atoms with Crippen LogP contribution in [0.3, 0.4) is 0 Å². The topological polar surface area (TPSA) is 52.1 Å². The highest BCUT2D eigenvalue weighted by molar-refractivity contribution is 6.35. The molecule has 0 aliphatic heterocycles. The Morgan fingerprint density at radius 2 is 0.870 bits per heavy atom. The van der Waals surface area contributed by atoms with Gasteiger partial charge in [-0.15, -0.1) is 0 Å². The summed E-state index contributed by atoms with van der Waals surface area (Å²) in [6.45, 7) is 0. The lowest BCUT2D eigenvalue weighted by molar-refractivity contribution is 0.669. The summed E-state index contributed by atoms with van der Waals surface area (Å²) in [6, 6.07) is 59.4. The Morgan fingerprint density at radius 3 is 1.69 bits per heavy atom. The highest BCUT2D eigenvalue weighted by Crippen LogP contribution is 2.46. The summed E-state index contributed by atoms with van der Waals surface area (Å²) in [5, 5.41) is 9.27. The molecule has 0 atom stereocenters. The number of fused-ring (bicyclic) bond motifs is 7. The molecule has 9 aromatic carbocycles. The Hall–Kier alpha value is -7.30. The van der Waals surface area contributed by atoms with Crippen LogP contribution in [-0.4, -0.2) is 9.97 Å². The van der Waals surface area contributed by atoms with E-state index >= 15 is 0 Å². The summed E-state index contributed by atoms with van der Waals surface area (Å²) in [5.74, 6) is 0. The van der Waals surface area contributed by atoms with Crippen LogP contribution in [0.2, 0.25) is 0 Å². The fourth-order valence-corrected chi connectivity index (χ4v) is 8.66. The fourth-order valence-electron chi connectivity index (χ4n) is 8.66. The van der Waals surface area contributed by atoms with Crippen LogP contribution in [0.15, 0.2) is 179 Å². The second-order valence-electron chi connectivity index (χ2n) is 14.0. The zero-order valence-corrected chi connectivity index (χ0v) is 28.9. The molecule has 12 aromatic rings. The van der Waals surface area contributed by atoms with Gasteiger partial charge >= 0.3 is 0 Å². The van der Waals surface area contributed by atoms with E-state index in [1.165, 1.54) is 32.3 Å². The molecular formula is C50H28N2O2. The van der Waals surface area contributed by atoms with Crippen molar-refractivity contribution in [3.63, 3.8) is 0 Å². The molecule has 0 amide bonds. The predicted molar refractivity (Wildman–Crippen MR) is 222 cm³/mol. The Morgan fingerprint density at radius 1 is 0.296 bits per heavy atom. The van der Waals surface area contributed by atoms with Crippen molar-refractivity contribution in [3.05, 3.63) is 170 Å². The second kappa shape index (κ2) is 11.1. The van der Waals surface area contributed by atoms with E-state index < -0.39 is 0 Å². The third-order valence-electron chi connectivity index (χ3n) is 11.0. The van der Waals surface area contributed by atoms with E-state index in [9.17, 15) is 0 Å². The van der Waals surface area contributed by atoms with Crippen LogP contribution in [0.1, 0.15) is 0 Å². The maximum absolute atomic E-state index is 6.72. The van der Waals surface area contributed by atoms with Gasteiger partial charge in [-0.05, 0) is 92.3 Å². The normalized spacial score (nSPS) is 12.1. The molecule has 12 rings (SSSR count). The predicted octanol–water partition coefficient (Wildman–Crippen LogP) is 13.8. The number of benzene rings is 9. The van der Waals surface area contributed by atoms with E-state index in [1.54, 1.807) is 0 Å². The SMILES string of the molecule is c1ccc(-c2cccc(-c3nc4ccccc4nc3-c3cccc4oc5cc(-c6cccc7c8cccc9oc%10cccc(c67)c%10c98)ccc5c34)c2)cc1. The average Bonchev–Trinajstić information content (AvgIpc) is 3.82. The maximum Gasteiger partial charge on any atom is 0.136 e. The van der Waals surface area contributed by atoms with E-state index in [4.69, 9.17) is 18.8 Å². The number of nitrogens with zero attached hydrogens (tertiary/aromatic N) is 2. The quantitative estimate of drug-likeness (QED) is 0.173. The molecule has 0 bridgehead atoms. The molecule has 4 heteroatoms.